The molecule has 18 heavy (non-hydrogen) atoms. The monoisotopic (exact) mass is 238 g/mol. The summed E-state index contributed by atoms with van der Waals surface area (Å²) in [6.45, 7) is 2.00. The van der Waals surface area contributed by atoms with E-state index in [9.17, 15) is 10.4 Å². The lowest BCUT2D eigenvalue weighted by Crippen LogP contribution is -2.08. The van der Waals surface area contributed by atoms with Crippen molar-refractivity contribution >= 4 is 5.69 Å². The van der Waals surface area contributed by atoms with Gasteiger partial charge < -0.3 is 10.4 Å². The van der Waals surface area contributed by atoms with E-state index in [2.05, 4.69) is 11.4 Å². The SMILES string of the molecule is Cc1cccc(NC(C#N)c2cccc(O)c2)c1. The van der Waals surface area contributed by atoms with Crippen LogP contribution >= 0.6 is 0 Å². The van der Waals surface area contributed by atoms with Gasteiger partial charge in [-0.05, 0) is 42.3 Å². The van der Waals surface area contributed by atoms with Gasteiger partial charge >= 0.3 is 0 Å². The first-order chi connectivity index (χ1) is 8.69. The van der Waals surface area contributed by atoms with Gasteiger partial charge in [0.2, 0.25) is 0 Å². The van der Waals surface area contributed by atoms with Crippen LogP contribution in [0.1, 0.15) is 17.2 Å². The summed E-state index contributed by atoms with van der Waals surface area (Å²) in [5.41, 5.74) is 2.77. The van der Waals surface area contributed by atoms with Gasteiger partial charge in [0, 0.05) is 5.69 Å². The Bertz CT molecular complexity index is 587. The summed E-state index contributed by atoms with van der Waals surface area (Å²) >= 11 is 0. The number of hydrogen-bond acceptors (Lipinski definition) is 3. The van der Waals surface area contributed by atoms with Crippen LogP contribution in [0.25, 0.3) is 0 Å². The Morgan fingerprint density at radius 2 is 1.94 bits per heavy atom. The molecule has 0 fully saturated rings. The standard InChI is InChI=1S/C15H14N2O/c1-11-4-2-6-13(8-11)17-15(10-16)12-5-3-7-14(18)9-12/h2-9,15,17-18H,1H3. The molecule has 0 aliphatic heterocycles. The topological polar surface area (TPSA) is 56.0 Å². The average Bonchev–Trinajstić information content (AvgIpc) is 2.36. The summed E-state index contributed by atoms with van der Waals surface area (Å²) in [6, 6.07) is 16.3. The van der Waals surface area contributed by atoms with Crippen LogP contribution < -0.4 is 5.32 Å². The second-order valence-corrected chi connectivity index (χ2v) is 4.17. The van der Waals surface area contributed by atoms with Crippen LogP contribution in [0.5, 0.6) is 5.75 Å². The van der Waals surface area contributed by atoms with Crippen molar-refractivity contribution < 1.29 is 5.11 Å². The lowest BCUT2D eigenvalue weighted by Gasteiger charge is -2.13. The minimum Gasteiger partial charge on any atom is -0.508 e. The zero-order chi connectivity index (χ0) is 13.0. The van der Waals surface area contributed by atoms with Crippen LogP contribution in [0.2, 0.25) is 0 Å². The molecule has 2 N–H and O–H groups in total. The molecule has 0 aliphatic carbocycles. The highest BCUT2D eigenvalue weighted by atomic mass is 16.3. The Morgan fingerprint density at radius 1 is 1.17 bits per heavy atom. The minimum absolute atomic E-state index is 0.166. The summed E-state index contributed by atoms with van der Waals surface area (Å²) in [7, 11) is 0. The number of aryl methyl sites for hydroxylation is 1. The molecule has 90 valence electrons. The summed E-state index contributed by atoms with van der Waals surface area (Å²) in [6.07, 6.45) is 0. The number of phenolic OH excluding ortho intramolecular Hbond substituents is 1. The van der Waals surface area contributed by atoms with E-state index in [1.165, 1.54) is 0 Å². The van der Waals surface area contributed by atoms with Gasteiger partial charge in [0.25, 0.3) is 0 Å². The number of nitrogens with one attached hydrogen (secondary N) is 1. The number of benzene rings is 2. The highest BCUT2D eigenvalue weighted by molar-refractivity contribution is 5.49. The third kappa shape index (κ3) is 2.80. The number of hydrogen-bond donors (Lipinski definition) is 2. The molecular weight excluding hydrogens is 224 g/mol. The quantitative estimate of drug-likeness (QED) is 0.861. The van der Waals surface area contributed by atoms with E-state index in [0.29, 0.717) is 0 Å². The number of anilines is 1. The third-order valence-corrected chi connectivity index (χ3v) is 2.66. The molecule has 0 saturated carbocycles. The van der Waals surface area contributed by atoms with Crippen molar-refractivity contribution in [3.8, 4) is 11.8 Å². The molecule has 0 saturated heterocycles. The van der Waals surface area contributed by atoms with Crippen molar-refractivity contribution in [2.45, 2.75) is 13.0 Å². The van der Waals surface area contributed by atoms with Gasteiger partial charge in [0.1, 0.15) is 11.8 Å². The fourth-order valence-corrected chi connectivity index (χ4v) is 1.80. The van der Waals surface area contributed by atoms with Crippen molar-refractivity contribution in [1.82, 2.24) is 0 Å². The van der Waals surface area contributed by atoms with Crippen LogP contribution in [0, 0.1) is 18.3 Å². The minimum atomic E-state index is -0.473. The van der Waals surface area contributed by atoms with Crippen molar-refractivity contribution in [3.63, 3.8) is 0 Å². The van der Waals surface area contributed by atoms with Gasteiger partial charge in [-0.25, -0.2) is 0 Å². The number of aromatic hydroxyl groups is 1. The number of nitrogens with zero attached hydrogens (tertiary/aromatic N) is 1. The Morgan fingerprint density at radius 3 is 2.61 bits per heavy atom. The predicted octanol–water partition coefficient (Wildman–Crippen LogP) is 3.38. The number of phenols is 1. The largest absolute Gasteiger partial charge is 0.508 e. The van der Waals surface area contributed by atoms with Gasteiger partial charge in [0.05, 0.1) is 6.07 Å². The van der Waals surface area contributed by atoms with E-state index in [0.717, 1.165) is 16.8 Å². The van der Waals surface area contributed by atoms with E-state index in [1.54, 1.807) is 18.2 Å². The summed E-state index contributed by atoms with van der Waals surface area (Å²) in [5.74, 6) is 0.166. The fraction of sp³-hybridized carbons (Fsp3) is 0.133. The molecule has 0 radical (unpaired) electrons. The molecule has 0 spiro atoms. The molecular formula is C15H14N2O. The van der Waals surface area contributed by atoms with Crippen molar-refractivity contribution in [2.24, 2.45) is 0 Å². The van der Waals surface area contributed by atoms with Crippen LogP contribution in [-0.4, -0.2) is 5.11 Å². The number of rotatable bonds is 3. The van der Waals surface area contributed by atoms with E-state index >= 15 is 0 Å². The molecule has 0 bridgehead atoms. The molecule has 1 unspecified atom stereocenters. The molecule has 3 nitrogen and oxygen atoms in total. The Labute approximate surface area is 106 Å². The Kier molecular flexibility index (Phi) is 3.49. The van der Waals surface area contributed by atoms with Crippen LogP contribution in [-0.2, 0) is 0 Å². The molecule has 1 atom stereocenters. The zero-order valence-corrected chi connectivity index (χ0v) is 10.1. The zero-order valence-electron chi connectivity index (χ0n) is 10.1. The van der Waals surface area contributed by atoms with Crippen LogP contribution in [0.3, 0.4) is 0 Å². The molecule has 2 aromatic carbocycles. The number of nitriles is 1. The molecule has 2 rings (SSSR count). The molecule has 0 heterocycles. The molecule has 0 aliphatic rings. The second-order valence-electron chi connectivity index (χ2n) is 4.17. The third-order valence-electron chi connectivity index (χ3n) is 2.66. The smallest absolute Gasteiger partial charge is 0.140 e. The first-order valence-electron chi connectivity index (χ1n) is 5.71. The van der Waals surface area contributed by atoms with E-state index < -0.39 is 6.04 Å². The van der Waals surface area contributed by atoms with Crippen molar-refractivity contribution in [3.05, 3.63) is 59.7 Å². The maximum atomic E-state index is 9.43. The maximum absolute atomic E-state index is 9.43. The van der Waals surface area contributed by atoms with Crippen LogP contribution in [0.15, 0.2) is 48.5 Å². The van der Waals surface area contributed by atoms with Gasteiger partial charge in [0.15, 0.2) is 0 Å². The highest BCUT2D eigenvalue weighted by Crippen LogP contribution is 2.22. The van der Waals surface area contributed by atoms with Gasteiger partial charge in [-0.15, -0.1) is 0 Å². The maximum Gasteiger partial charge on any atom is 0.140 e. The van der Waals surface area contributed by atoms with E-state index in [-0.39, 0.29) is 5.75 Å². The van der Waals surface area contributed by atoms with Crippen LogP contribution in [0.4, 0.5) is 5.69 Å². The second kappa shape index (κ2) is 5.24. The lowest BCUT2D eigenvalue weighted by molar-refractivity contribution is 0.474. The van der Waals surface area contributed by atoms with E-state index in [4.69, 9.17) is 0 Å². The molecule has 0 amide bonds. The first kappa shape index (κ1) is 12.0. The summed E-state index contributed by atoms with van der Waals surface area (Å²) < 4.78 is 0. The van der Waals surface area contributed by atoms with Gasteiger partial charge in [-0.1, -0.05) is 24.3 Å². The van der Waals surface area contributed by atoms with Crippen molar-refractivity contribution in [2.75, 3.05) is 5.32 Å². The summed E-state index contributed by atoms with van der Waals surface area (Å²) in [5, 5.41) is 21.8. The predicted molar refractivity (Wildman–Crippen MR) is 71.3 cm³/mol. The van der Waals surface area contributed by atoms with Crippen molar-refractivity contribution in [1.29, 1.82) is 5.26 Å². The lowest BCUT2D eigenvalue weighted by atomic mass is 10.1. The normalized spacial score (nSPS) is 11.6. The molecule has 3 heteroatoms. The fourth-order valence-electron chi connectivity index (χ4n) is 1.80. The average molecular weight is 238 g/mol. The Hall–Kier alpha value is -2.47. The Balaban J connectivity index is 2.23. The van der Waals surface area contributed by atoms with Gasteiger partial charge in [-0.2, -0.15) is 5.26 Å². The van der Waals surface area contributed by atoms with Gasteiger partial charge in [-0.3, -0.25) is 0 Å². The highest BCUT2D eigenvalue weighted by Gasteiger charge is 2.10. The molecule has 2 aromatic rings. The molecule has 0 aromatic heterocycles. The summed E-state index contributed by atoms with van der Waals surface area (Å²) in [4.78, 5) is 0. The van der Waals surface area contributed by atoms with E-state index in [1.807, 2.05) is 37.3 Å². The first-order valence-corrected chi connectivity index (χ1v) is 5.71.